The zero-order valence-electron chi connectivity index (χ0n) is 35.6. The van der Waals surface area contributed by atoms with Crippen LogP contribution in [0.3, 0.4) is 0 Å². The van der Waals surface area contributed by atoms with Crippen molar-refractivity contribution in [2.24, 2.45) is 11.8 Å². The van der Waals surface area contributed by atoms with Crippen LogP contribution in [0, 0.1) is 11.8 Å². The Hall–Kier alpha value is -4.66. The normalized spacial score (nSPS) is 37.5. The molecular weight excluding hydrogens is 868 g/mol. The first-order valence-corrected chi connectivity index (χ1v) is 20.7. The van der Waals surface area contributed by atoms with Gasteiger partial charge in [-0.05, 0) is 42.3 Å². The Bertz CT molecular complexity index is 2080. The summed E-state index contributed by atoms with van der Waals surface area (Å²) in [5.41, 5.74) is -0.387. The Balaban J connectivity index is 1.09. The van der Waals surface area contributed by atoms with Gasteiger partial charge in [-0.3, -0.25) is 4.79 Å². The fourth-order valence-electron chi connectivity index (χ4n) is 8.85. The summed E-state index contributed by atoms with van der Waals surface area (Å²) in [4.78, 5) is 26.5. The first-order valence-electron chi connectivity index (χ1n) is 20.7. The number of ether oxygens (including phenoxy) is 11. The SMILES string of the molecule is C/C=C1/C(CC(=O)OC[C@H]2O[C@@H](O[C@]34CO[C@H](c5ccc(O)c(OC)c5)[C@H]3CO[C@@H]4c3ccc(O)c(OC)c3)[C@H](O)[C@@H](O)[C@@H]2O)C(C(=O)OC)=CO[C@H]1O[C@@H]1O[C@H](CO)[C@@H](O)[C@H](O)[C@H]1O. The molecule has 4 saturated heterocycles. The average Bonchev–Trinajstić information content (AvgIpc) is 3.85. The standard InChI is InChI=1S/C43H54O22/c1-5-20-21(22(39(54)57-4)14-60-40(20)64-41-35(52)33(50)31(48)28(13-44)62-41)12-30(47)58-16-29-32(49)34(51)36(53)42(63-29)65-43-17-61-37(18-6-8-24(45)26(10-18)55-2)23(43)15-59-38(43)19-7-9-25(46)27(11-19)56-3/h5-11,14,21,23,28-29,31-38,40-42,44-46,48-53H,12-13,15-17H2,1-4H3/b20-5-/t21?,23-,28-,29-,31-,32-,33+,34+,35-,36-,37-,38-,40+,41+,42+,43-/m1/s1. The lowest BCUT2D eigenvalue weighted by Gasteiger charge is -2.44. The lowest BCUT2D eigenvalue weighted by molar-refractivity contribution is -0.334. The van der Waals surface area contributed by atoms with Gasteiger partial charge in [-0.15, -0.1) is 0 Å². The summed E-state index contributed by atoms with van der Waals surface area (Å²) >= 11 is 0. The molecule has 22 nitrogen and oxygen atoms in total. The summed E-state index contributed by atoms with van der Waals surface area (Å²) in [6.07, 6.45) is -18.2. The molecule has 16 atom stereocenters. The Kier molecular flexibility index (Phi) is 14.9. The van der Waals surface area contributed by atoms with Gasteiger partial charge in [-0.25, -0.2) is 4.79 Å². The van der Waals surface area contributed by atoms with Gasteiger partial charge < -0.3 is 98.1 Å². The molecule has 0 spiro atoms. The minimum atomic E-state index is -1.89. The molecule has 0 saturated carbocycles. The summed E-state index contributed by atoms with van der Waals surface area (Å²) in [5, 5.41) is 94.9. The van der Waals surface area contributed by atoms with Crippen molar-refractivity contribution in [3.05, 3.63) is 71.0 Å². The summed E-state index contributed by atoms with van der Waals surface area (Å²) in [5.74, 6) is -3.54. The third kappa shape index (κ3) is 9.24. The van der Waals surface area contributed by atoms with Gasteiger partial charge in [0.15, 0.2) is 35.6 Å². The minimum absolute atomic E-state index is 0.0353. The molecule has 0 radical (unpaired) electrons. The number of esters is 2. The first-order chi connectivity index (χ1) is 31.1. The lowest BCUT2D eigenvalue weighted by atomic mass is 9.80. The van der Waals surface area contributed by atoms with Crippen molar-refractivity contribution in [1.82, 2.24) is 0 Å². The van der Waals surface area contributed by atoms with Crippen LogP contribution in [0.5, 0.6) is 23.0 Å². The Morgan fingerprint density at radius 1 is 0.800 bits per heavy atom. The molecule has 0 amide bonds. The van der Waals surface area contributed by atoms with Crippen LogP contribution in [-0.4, -0.2) is 179 Å². The molecule has 358 valence electrons. The molecule has 7 rings (SSSR count). The third-order valence-electron chi connectivity index (χ3n) is 12.4. The Labute approximate surface area is 371 Å². The second kappa shape index (κ2) is 20.1. The first kappa shape index (κ1) is 48.3. The number of methoxy groups -OCH3 is 3. The molecule has 5 heterocycles. The largest absolute Gasteiger partial charge is 0.504 e. The van der Waals surface area contributed by atoms with Crippen molar-refractivity contribution in [2.75, 3.05) is 47.8 Å². The number of allylic oxidation sites excluding steroid dienone is 1. The molecule has 5 aliphatic heterocycles. The van der Waals surface area contributed by atoms with Crippen LogP contribution >= 0.6 is 0 Å². The van der Waals surface area contributed by atoms with Crippen molar-refractivity contribution in [3.63, 3.8) is 0 Å². The molecular formula is C43H54O22. The quantitative estimate of drug-likeness (QED) is 0.0799. The molecule has 0 aliphatic carbocycles. The monoisotopic (exact) mass is 922 g/mol. The van der Waals surface area contributed by atoms with Crippen molar-refractivity contribution in [2.45, 2.75) is 98.9 Å². The van der Waals surface area contributed by atoms with Crippen LogP contribution in [-0.2, 0) is 52.2 Å². The Morgan fingerprint density at radius 2 is 1.42 bits per heavy atom. The number of carbonyl (C=O) groups is 2. The number of carbonyl (C=O) groups excluding carboxylic acids is 2. The van der Waals surface area contributed by atoms with Crippen molar-refractivity contribution >= 4 is 11.9 Å². The second-order valence-corrected chi connectivity index (χ2v) is 16.1. The number of aliphatic hydroxyl groups excluding tert-OH is 7. The second-order valence-electron chi connectivity index (χ2n) is 16.1. The summed E-state index contributed by atoms with van der Waals surface area (Å²) in [6, 6.07) is 9.23. The van der Waals surface area contributed by atoms with E-state index in [1.165, 1.54) is 32.4 Å². The number of rotatable bonds is 14. The van der Waals surface area contributed by atoms with Crippen molar-refractivity contribution in [3.8, 4) is 23.0 Å². The zero-order valence-corrected chi connectivity index (χ0v) is 35.6. The average molecular weight is 923 g/mol. The van der Waals surface area contributed by atoms with Crippen molar-refractivity contribution in [1.29, 1.82) is 0 Å². The molecule has 2 aromatic carbocycles. The maximum atomic E-state index is 13.6. The smallest absolute Gasteiger partial charge is 0.337 e. The van der Waals surface area contributed by atoms with E-state index in [9.17, 15) is 55.5 Å². The van der Waals surface area contributed by atoms with Gasteiger partial charge in [-0.1, -0.05) is 18.2 Å². The van der Waals surface area contributed by atoms with E-state index in [0.717, 1.165) is 13.4 Å². The van der Waals surface area contributed by atoms with E-state index in [1.807, 2.05) is 0 Å². The molecule has 5 aliphatic rings. The van der Waals surface area contributed by atoms with Gasteiger partial charge in [0.2, 0.25) is 6.29 Å². The lowest BCUT2D eigenvalue weighted by Crippen LogP contribution is -2.62. The highest BCUT2D eigenvalue weighted by Gasteiger charge is 2.64. The summed E-state index contributed by atoms with van der Waals surface area (Å²) in [7, 11) is 3.88. The highest BCUT2D eigenvalue weighted by Crippen LogP contribution is 2.57. The van der Waals surface area contributed by atoms with Crippen LogP contribution < -0.4 is 9.47 Å². The van der Waals surface area contributed by atoms with E-state index >= 15 is 0 Å². The number of hydrogen-bond donors (Lipinski definition) is 9. The topological polar surface area (TPSA) is 318 Å². The Morgan fingerprint density at radius 3 is 2.05 bits per heavy atom. The maximum Gasteiger partial charge on any atom is 0.337 e. The number of benzene rings is 2. The predicted molar refractivity (Wildman–Crippen MR) is 213 cm³/mol. The van der Waals surface area contributed by atoms with Gasteiger partial charge in [-0.2, -0.15) is 0 Å². The minimum Gasteiger partial charge on any atom is -0.504 e. The van der Waals surface area contributed by atoms with Crippen LogP contribution in [0.15, 0.2) is 59.9 Å². The molecule has 1 unspecified atom stereocenters. The number of phenolic OH excluding ortho intramolecular Hbond substituents is 2. The highest BCUT2D eigenvalue weighted by molar-refractivity contribution is 5.90. The van der Waals surface area contributed by atoms with Crippen LogP contribution in [0.1, 0.15) is 36.7 Å². The number of fused-ring (bicyclic) bond motifs is 1. The molecule has 2 aromatic rings. The van der Waals surface area contributed by atoms with E-state index in [0.29, 0.717) is 11.1 Å². The van der Waals surface area contributed by atoms with E-state index < -0.39 is 129 Å². The third-order valence-corrected chi connectivity index (χ3v) is 12.4. The van der Waals surface area contributed by atoms with Crippen LogP contribution in [0.2, 0.25) is 0 Å². The fraction of sp³-hybridized carbons (Fsp3) is 0.581. The fourth-order valence-corrected chi connectivity index (χ4v) is 8.85. The maximum absolute atomic E-state index is 13.6. The van der Waals surface area contributed by atoms with Gasteiger partial charge in [0.05, 0.1) is 65.5 Å². The molecule has 22 heteroatoms. The van der Waals surface area contributed by atoms with E-state index in [2.05, 4.69) is 0 Å². The summed E-state index contributed by atoms with van der Waals surface area (Å²) in [6.45, 7) is -0.0136. The highest BCUT2D eigenvalue weighted by atomic mass is 16.8. The molecule has 9 N–H and O–H groups in total. The van der Waals surface area contributed by atoms with Gasteiger partial charge in [0.25, 0.3) is 0 Å². The van der Waals surface area contributed by atoms with Gasteiger partial charge in [0.1, 0.15) is 67.1 Å². The number of aromatic hydroxyl groups is 2. The van der Waals surface area contributed by atoms with Crippen LogP contribution in [0.4, 0.5) is 0 Å². The number of phenols is 2. The van der Waals surface area contributed by atoms with Crippen LogP contribution in [0.25, 0.3) is 0 Å². The zero-order chi connectivity index (χ0) is 46.9. The summed E-state index contributed by atoms with van der Waals surface area (Å²) < 4.78 is 63.5. The molecule has 4 fully saturated rings. The molecule has 0 aromatic heterocycles. The van der Waals surface area contributed by atoms with Gasteiger partial charge >= 0.3 is 11.9 Å². The number of aliphatic hydroxyl groups is 7. The van der Waals surface area contributed by atoms with E-state index in [1.54, 1.807) is 31.2 Å². The molecule has 0 bridgehead atoms. The number of hydrogen-bond acceptors (Lipinski definition) is 22. The van der Waals surface area contributed by atoms with Crippen molar-refractivity contribution < 1.29 is 108 Å². The van der Waals surface area contributed by atoms with Gasteiger partial charge in [0, 0.05) is 17.4 Å². The van der Waals surface area contributed by atoms with E-state index in [4.69, 9.17) is 52.1 Å². The molecule has 65 heavy (non-hydrogen) atoms. The predicted octanol–water partition coefficient (Wildman–Crippen LogP) is -1.14. The van der Waals surface area contributed by atoms with E-state index in [-0.39, 0.29) is 47.4 Å².